The Balaban J connectivity index is 1.84. The van der Waals surface area contributed by atoms with Crippen LogP contribution < -0.4 is 5.32 Å². The number of aryl methyl sites for hydroxylation is 1. The van der Waals surface area contributed by atoms with Crippen molar-refractivity contribution in [1.82, 2.24) is 14.5 Å². The van der Waals surface area contributed by atoms with Crippen molar-refractivity contribution in [3.63, 3.8) is 0 Å². The predicted octanol–water partition coefficient (Wildman–Crippen LogP) is 2.20. The fraction of sp³-hybridized carbons (Fsp3) is 0.643. The molecule has 2 unspecified atom stereocenters. The SMILES string of the molecule is C=CCNc1nc(C)cn1C1CCN2CCCC12. The van der Waals surface area contributed by atoms with E-state index in [9.17, 15) is 0 Å². The molecule has 2 fully saturated rings. The maximum Gasteiger partial charge on any atom is 0.203 e. The first-order valence-electron chi connectivity index (χ1n) is 6.94. The van der Waals surface area contributed by atoms with Gasteiger partial charge in [-0.1, -0.05) is 6.08 Å². The number of hydrogen-bond acceptors (Lipinski definition) is 3. The zero-order chi connectivity index (χ0) is 12.5. The van der Waals surface area contributed by atoms with Crippen molar-refractivity contribution in [2.45, 2.75) is 38.3 Å². The van der Waals surface area contributed by atoms with Crippen LogP contribution in [0.4, 0.5) is 5.95 Å². The van der Waals surface area contributed by atoms with Crippen molar-refractivity contribution in [3.05, 3.63) is 24.5 Å². The third-order valence-electron chi connectivity index (χ3n) is 4.19. The molecule has 0 amide bonds. The highest BCUT2D eigenvalue weighted by Crippen LogP contribution is 2.37. The highest BCUT2D eigenvalue weighted by Gasteiger charge is 2.38. The van der Waals surface area contributed by atoms with Crippen molar-refractivity contribution >= 4 is 5.95 Å². The molecule has 1 aromatic heterocycles. The number of anilines is 1. The number of rotatable bonds is 4. The molecule has 4 heteroatoms. The molecule has 0 saturated carbocycles. The van der Waals surface area contributed by atoms with Crippen LogP contribution in [0, 0.1) is 6.92 Å². The van der Waals surface area contributed by atoms with E-state index >= 15 is 0 Å². The number of imidazole rings is 1. The summed E-state index contributed by atoms with van der Waals surface area (Å²) in [5.74, 6) is 1.01. The van der Waals surface area contributed by atoms with Gasteiger partial charge in [0.25, 0.3) is 0 Å². The van der Waals surface area contributed by atoms with Crippen molar-refractivity contribution in [2.24, 2.45) is 0 Å². The molecule has 1 aromatic rings. The Morgan fingerprint density at radius 1 is 1.44 bits per heavy atom. The lowest BCUT2D eigenvalue weighted by Crippen LogP contribution is -2.28. The van der Waals surface area contributed by atoms with Crippen molar-refractivity contribution in [3.8, 4) is 0 Å². The third kappa shape index (κ3) is 1.94. The second-order valence-electron chi connectivity index (χ2n) is 5.38. The highest BCUT2D eigenvalue weighted by molar-refractivity contribution is 5.31. The fourth-order valence-electron chi connectivity index (χ4n) is 3.44. The highest BCUT2D eigenvalue weighted by atomic mass is 15.3. The molecule has 0 radical (unpaired) electrons. The van der Waals surface area contributed by atoms with Gasteiger partial charge in [0.05, 0.1) is 11.7 Å². The normalized spacial score (nSPS) is 27.4. The van der Waals surface area contributed by atoms with Crippen LogP contribution in [-0.2, 0) is 0 Å². The van der Waals surface area contributed by atoms with Gasteiger partial charge >= 0.3 is 0 Å². The minimum Gasteiger partial charge on any atom is -0.352 e. The predicted molar refractivity (Wildman–Crippen MR) is 73.9 cm³/mol. The summed E-state index contributed by atoms with van der Waals surface area (Å²) in [4.78, 5) is 7.23. The van der Waals surface area contributed by atoms with Gasteiger partial charge in [0, 0.05) is 25.3 Å². The molecule has 2 saturated heterocycles. The van der Waals surface area contributed by atoms with E-state index in [0.717, 1.165) is 24.2 Å². The number of hydrogen-bond donors (Lipinski definition) is 1. The summed E-state index contributed by atoms with van der Waals surface area (Å²) in [5, 5.41) is 3.36. The van der Waals surface area contributed by atoms with Gasteiger partial charge < -0.3 is 9.88 Å². The van der Waals surface area contributed by atoms with Crippen LogP contribution in [0.1, 0.15) is 31.0 Å². The van der Waals surface area contributed by atoms with Gasteiger partial charge in [-0.05, 0) is 32.7 Å². The molecule has 4 nitrogen and oxygen atoms in total. The Labute approximate surface area is 109 Å². The molecule has 18 heavy (non-hydrogen) atoms. The van der Waals surface area contributed by atoms with Crippen LogP contribution in [0.15, 0.2) is 18.9 Å². The van der Waals surface area contributed by atoms with E-state index in [4.69, 9.17) is 0 Å². The van der Waals surface area contributed by atoms with E-state index in [2.05, 4.69) is 39.5 Å². The van der Waals surface area contributed by atoms with E-state index in [1.165, 1.54) is 32.4 Å². The monoisotopic (exact) mass is 246 g/mol. The molecule has 0 aromatic carbocycles. The first-order valence-corrected chi connectivity index (χ1v) is 6.94. The van der Waals surface area contributed by atoms with Gasteiger partial charge in [0.15, 0.2) is 0 Å². The Morgan fingerprint density at radius 2 is 2.33 bits per heavy atom. The molecule has 3 rings (SSSR count). The average molecular weight is 246 g/mol. The summed E-state index contributed by atoms with van der Waals surface area (Å²) in [7, 11) is 0. The Morgan fingerprint density at radius 3 is 3.17 bits per heavy atom. The van der Waals surface area contributed by atoms with Gasteiger partial charge in [0.2, 0.25) is 5.95 Å². The van der Waals surface area contributed by atoms with E-state index < -0.39 is 0 Å². The summed E-state index contributed by atoms with van der Waals surface area (Å²) in [5.41, 5.74) is 1.10. The number of fused-ring (bicyclic) bond motifs is 1. The number of aromatic nitrogens is 2. The van der Waals surface area contributed by atoms with Gasteiger partial charge in [-0.25, -0.2) is 4.98 Å². The molecule has 0 spiro atoms. The second-order valence-corrected chi connectivity index (χ2v) is 5.38. The maximum absolute atomic E-state index is 4.59. The quantitative estimate of drug-likeness (QED) is 0.827. The molecule has 2 atom stereocenters. The summed E-state index contributed by atoms with van der Waals surface area (Å²) >= 11 is 0. The lowest BCUT2D eigenvalue weighted by molar-refractivity contribution is 0.291. The second kappa shape index (κ2) is 4.76. The smallest absolute Gasteiger partial charge is 0.203 e. The maximum atomic E-state index is 4.59. The van der Waals surface area contributed by atoms with Crippen LogP contribution in [0.3, 0.4) is 0 Å². The van der Waals surface area contributed by atoms with Gasteiger partial charge in [-0.15, -0.1) is 6.58 Å². The van der Waals surface area contributed by atoms with Crippen LogP contribution in [0.5, 0.6) is 0 Å². The minimum absolute atomic E-state index is 0.598. The molecular weight excluding hydrogens is 224 g/mol. The first-order chi connectivity index (χ1) is 8.79. The number of nitrogens with one attached hydrogen (secondary N) is 1. The molecule has 2 aliphatic rings. The summed E-state index contributed by atoms with van der Waals surface area (Å²) in [6, 6.07) is 1.32. The number of nitrogens with zero attached hydrogens (tertiary/aromatic N) is 3. The van der Waals surface area contributed by atoms with Crippen LogP contribution in [0.25, 0.3) is 0 Å². The average Bonchev–Trinajstić information content (AvgIpc) is 3.00. The van der Waals surface area contributed by atoms with Crippen LogP contribution in [-0.4, -0.2) is 40.1 Å². The van der Waals surface area contributed by atoms with Crippen molar-refractivity contribution in [2.75, 3.05) is 25.0 Å². The van der Waals surface area contributed by atoms with Gasteiger partial charge in [-0.2, -0.15) is 0 Å². The fourth-order valence-corrected chi connectivity index (χ4v) is 3.44. The Bertz CT molecular complexity index is 437. The molecule has 1 N–H and O–H groups in total. The third-order valence-corrected chi connectivity index (χ3v) is 4.19. The van der Waals surface area contributed by atoms with Crippen LogP contribution >= 0.6 is 0 Å². The Kier molecular flexibility index (Phi) is 3.12. The topological polar surface area (TPSA) is 33.1 Å². The van der Waals surface area contributed by atoms with E-state index in [1.54, 1.807) is 0 Å². The molecule has 98 valence electrons. The van der Waals surface area contributed by atoms with Crippen molar-refractivity contribution in [1.29, 1.82) is 0 Å². The lowest BCUT2D eigenvalue weighted by Gasteiger charge is -2.23. The standard InChI is InChI=1S/C14H22N4/c1-3-7-15-14-16-11(2)10-18(14)13-6-9-17-8-4-5-12(13)17/h3,10,12-13H,1,4-9H2,2H3,(H,15,16). The molecule has 2 aliphatic heterocycles. The molecule has 0 aliphatic carbocycles. The summed E-state index contributed by atoms with van der Waals surface area (Å²) in [6.45, 7) is 9.12. The van der Waals surface area contributed by atoms with Gasteiger partial charge in [0.1, 0.15) is 0 Å². The molecular formula is C14H22N4. The molecule has 3 heterocycles. The lowest BCUT2D eigenvalue weighted by atomic mass is 10.1. The Hall–Kier alpha value is -1.29. The van der Waals surface area contributed by atoms with Crippen LogP contribution in [0.2, 0.25) is 0 Å². The van der Waals surface area contributed by atoms with Gasteiger partial charge in [-0.3, -0.25) is 4.90 Å². The van der Waals surface area contributed by atoms with Crippen molar-refractivity contribution < 1.29 is 0 Å². The summed E-state index contributed by atoms with van der Waals surface area (Å²) < 4.78 is 2.36. The van der Waals surface area contributed by atoms with E-state index in [-0.39, 0.29) is 0 Å². The first kappa shape index (κ1) is 11.8. The van der Waals surface area contributed by atoms with E-state index in [0.29, 0.717) is 6.04 Å². The summed E-state index contributed by atoms with van der Waals surface area (Å²) in [6.07, 6.45) is 8.01. The minimum atomic E-state index is 0.598. The molecule has 0 bridgehead atoms. The van der Waals surface area contributed by atoms with E-state index in [1.807, 2.05) is 6.08 Å². The largest absolute Gasteiger partial charge is 0.352 e. The zero-order valence-electron chi connectivity index (χ0n) is 11.1. The zero-order valence-corrected chi connectivity index (χ0v) is 11.1.